The summed E-state index contributed by atoms with van der Waals surface area (Å²) in [5.74, 6) is 1.91. The molecular formula is C35H45N7O3. The third-order valence-corrected chi connectivity index (χ3v) is 10.2. The smallest absolute Gasteiger partial charge is 0.254 e. The van der Waals surface area contributed by atoms with Crippen molar-refractivity contribution in [3.63, 3.8) is 0 Å². The Morgan fingerprint density at radius 3 is 2.56 bits per heavy atom. The van der Waals surface area contributed by atoms with E-state index in [0.29, 0.717) is 41.4 Å². The number of imidazole rings is 1. The SMILES string of the molecule is COc1cc(C(=O)N2C[C@H]3CC(C)[C@@H]2[C@@H]3N)cc2nc(-c3cc4ccc([C@@H](C)NC(=O)C(C)(C)C)nc4n3CC3CC3)c(C)n12. The summed E-state index contributed by atoms with van der Waals surface area (Å²) >= 11 is 0. The van der Waals surface area contributed by atoms with Gasteiger partial charge in [-0.1, -0.05) is 27.7 Å². The van der Waals surface area contributed by atoms with Gasteiger partial charge in [-0.2, -0.15) is 0 Å². The van der Waals surface area contributed by atoms with E-state index in [2.05, 4.69) is 28.9 Å². The zero-order chi connectivity index (χ0) is 31.9. The van der Waals surface area contributed by atoms with Crippen molar-refractivity contribution in [3.8, 4) is 17.3 Å². The fraction of sp³-hybridized carbons (Fsp3) is 0.543. The molecule has 0 spiro atoms. The molecule has 3 aliphatic rings. The molecule has 2 saturated carbocycles. The average Bonchev–Trinajstić information content (AvgIpc) is 3.45. The lowest BCUT2D eigenvalue weighted by Gasteiger charge is -2.31. The first-order valence-corrected chi connectivity index (χ1v) is 16.3. The molecule has 3 N–H and O–H groups in total. The number of hydrogen-bond donors (Lipinski definition) is 2. The molecule has 10 nitrogen and oxygen atoms in total. The number of aromatic nitrogens is 4. The molecule has 45 heavy (non-hydrogen) atoms. The number of nitrogens with one attached hydrogen (secondary N) is 1. The first-order valence-electron chi connectivity index (χ1n) is 16.3. The number of likely N-dealkylation sites (tertiary alicyclic amines) is 1. The highest BCUT2D eigenvalue weighted by Crippen LogP contribution is 2.42. The van der Waals surface area contributed by atoms with E-state index in [0.717, 1.165) is 46.8 Å². The summed E-state index contributed by atoms with van der Waals surface area (Å²) in [4.78, 5) is 38.7. The minimum atomic E-state index is -0.483. The van der Waals surface area contributed by atoms with Crippen LogP contribution in [0.15, 0.2) is 30.3 Å². The molecule has 238 valence electrons. The van der Waals surface area contributed by atoms with Crippen LogP contribution < -0.4 is 15.8 Å². The van der Waals surface area contributed by atoms with Crippen molar-refractivity contribution >= 4 is 28.5 Å². The summed E-state index contributed by atoms with van der Waals surface area (Å²) in [6.45, 7) is 13.5. The lowest BCUT2D eigenvalue weighted by atomic mass is 9.95. The maximum atomic E-state index is 13.8. The van der Waals surface area contributed by atoms with Crippen LogP contribution in [0.1, 0.15) is 81.7 Å². The molecule has 5 atom stereocenters. The monoisotopic (exact) mass is 611 g/mol. The van der Waals surface area contributed by atoms with E-state index in [9.17, 15) is 9.59 Å². The number of carbonyl (C=O) groups is 2. The topological polar surface area (TPSA) is 120 Å². The summed E-state index contributed by atoms with van der Waals surface area (Å²) in [5.41, 5.74) is 11.7. The minimum Gasteiger partial charge on any atom is -0.482 e. The Morgan fingerprint density at radius 2 is 1.91 bits per heavy atom. The molecule has 1 unspecified atom stereocenters. The van der Waals surface area contributed by atoms with E-state index in [-0.39, 0.29) is 29.9 Å². The number of pyridine rings is 2. The van der Waals surface area contributed by atoms with Gasteiger partial charge in [0.15, 0.2) is 5.88 Å². The first kappa shape index (κ1) is 29.8. The van der Waals surface area contributed by atoms with Crippen LogP contribution in [0, 0.1) is 30.1 Å². The average molecular weight is 612 g/mol. The molecule has 4 aromatic rings. The van der Waals surface area contributed by atoms with E-state index >= 15 is 0 Å². The van der Waals surface area contributed by atoms with Crippen molar-refractivity contribution in [1.29, 1.82) is 0 Å². The Balaban J connectivity index is 1.29. The number of ether oxygens (including phenoxy) is 1. The number of amides is 2. The Bertz CT molecular complexity index is 1830. The van der Waals surface area contributed by atoms with Crippen molar-refractivity contribution in [3.05, 3.63) is 47.3 Å². The van der Waals surface area contributed by atoms with Crippen molar-refractivity contribution in [2.75, 3.05) is 13.7 Å². The largest absolute Gasteiger partial charge is 0.482 e. The van der Waals surface area contributed by atoms with Crippen LogP contribution in [-0.2, 0) is 11.3 Å². The molecule has 7 rings (SSSR count). The number of nitrogens with two attached hydrogens (primary N) is 1. The van der Waals surface area contributed by atoms with Gasteiger partial charge in [0.25, 0.3) is 5.91 Å². The maximum absolute atomic E-state index is 13.8. The minimum absolute atomic E-state index is 0.00679. The standard InChI is InChI=1S/C35H45N7O3/c1-18-12-24-17-41(31(18)29(24)36)33(43)23-14-27-39-30(20(3)42(27)28(15-23)45-7)26-13-22-10-11-25(19(2)37-34(44)35(4,5)6)38-32(22)40(26)16-21-8-9-21/h10-11,13-15,18-19,21,24,29,31H,8-9,12,16-17,36H2,1-7H3,(H,37,44)/t18?,19-,24-,29-,31-/m1/s1. The Labute approximate surface area is 264 Å². The Kier molecular flexibility index (Phi) is 7.00. The van der Waals surface area contributed by atoms with Crippen LogP contribution in [0.5, 0.6) is 5.88 Å². The molecule has 3 fully saturated rings. The molecule has 2 amide bonds. The number of hydrogen-bond acceptors (Lipinski definition) is 6. The van der Waals surface area contributed by atoms with Crippen LogP contribution in [0.2, 0.25) is 0 Å². The quantitative estimate of drug-likeness (QED) is 0.300. The Hall–Kier alpha value is -3.92. The molecule has 1 saturated heterocycles. The van der Waals surface area contributed by atoms with Crippen LogP contribution in [0.25, 0.3) is 28.1 Å². The normalized spacial score (nSPS) is 23.7. The van der Waals surface area contributed by atoms with Crippen molar-refractivity contribution in [1.82, 2.24) is 29.2 Å². The summed E-state index contributed by atoms with van der Waals surface area (Å²) in [6, 6.07) is 9.83. The van der Waals surface area contributed by atoms with Crippen LogP contribution in [-0.4, -0.2) is 61.4 Å². The molecule has 1 aliphatic heterocycles. The second kappa shape index (κ2) is 10.6. The van der Waals surface area contributed by atoms with Crippen molar-refractivity contribution in [2.45, 2.75) is 85.5 Å². The summed E-state index contributed by atoms with van der Waals surface area (Å²) in [6.07, 6.45) is 3.47. The van der Waals surface area contributed by atoms with Crippen molar-refractivity contribution < 1.29 is 14.3 Å². The molecule has 2 bridgehead atoms. The molecular weight excluding hydrogens is 566 g/mol. The maximum Gasteiger partial charge on any atom is 0.254 e. The molecule has 0 aromatic carbocycles. The van der Waals surface area contributed by atoms with Gasteiger partial charge in [0, 0.05) is 47.6 Å². The van der Waals surface area contributed by atoms with Gasteiger partial charge in [0.05, 0.1) is 30.2 Å². The van der Waals surface area contributed by atoms with E-state index in [4.69, 9.17) is 20.4 Å². The fourth-order valence-corrected chi connectivity index (χ4v) is 7.50. The Morgan fingerprint density at radius 1 is 1.16 bits per heavy atom. The summed E-state index contributed by atoms with van der Waals surface area (Å²) < 4.78 is 10.1. The third kappa shape index (κ3) is 4.98. The number of methoxy groups -OCH3 is 1. The predicted molar refractivity (Wildman–Crippen MR) is 174 cm³/mol. The number of aryl methyl sites for hydroxylation is 1. The summed E-state index contributed by atoms with van der Waals surface area (Å²) in [5, 5.41) is 4.15. The van der Waals surface area contributed by atoms with Gasteiger partial charge < -0.3 is 25.3 Å². The molecule has 2 aliphatic carbocycles. The molecule has 10 heteroatoms. The highest BCUT2D eigenvalue weighted by atomic mass is 16.5. The number of piperidine rings is 1. The number of fused-ring (bicyclic) bond motifs is 4. The second-order valence-corrected chi connectivity index (χ2v) is 14.7. The van der Waals surface area contributed by atoms with Crippen LogP contribution >= 0.6 is 0 Å². The van der Waals surface area contributed by atoms with E-state index < -0.39 is 5.41 Å². The molecule has 0 radical (unpaired) electrons. The van der Waals surface area contributed by atoms with Gasteiger partial charge in [-0.05, 0) is 75.1 Å². The van der Waals surface area contributed by atoms with Crippen LogP contribution in [0.4, 0.5) is 0 Å². The number of rotatable bonds is 7. The highest BCUT2D eigenvalue weighted by molar-refractivity contribution is 5.96. The van der Waals surface area contributed by atoms with Gasteiger partial charge in [-0.25, -0.2) is 9.97 Å². The first-order chi connectivity index (χ1) is 21.3. The number of carbonyl (C=O) groups excluding carboxylic acids is 2. The van der Waals surface area contributed by atoms with Gasteiger partial charge in [0.1, 0.15) is 17.0 Å². The van der Waals surface area contributed by atoms with Gasteiger partial charge in [-0.3, -0.25) is 14.0 Å². The third-order valence-electron chi connectivity index (χ3n) is 10.2. The zero-order valence-electron chi connectivity index (χ0n) is 27.4. The van der Waals surface area contributed by atoms with E-state index in [1.807, 2.05) is 62.1 Å². The zero-order valence-corrected chi connectivity index (χ0v) is 27.4. The van der Waals surface area contributed by atoms with Crippen molar-refractivity contribution in [2.24, 2.45) is 28.9 Å². The van der Waals surface area contributed by atoms with Gasteiger partial charge in [0.2, 0.25) is 5.91 Å². The predicted octanol–water partition coefficient (Wildman–Crippen LogP) is 5.11. The molecule has 5 heterocycles. The van der Waals surface area contributed by atoms with Gasteiger partial charge >= 0.3 is 0 Å². The van der Waals surface area contributed by atoms with E-state index in [1.165, 1.54) is 12.8 Å². The highest BCUT2D eigenvalue weighted by Gasteiger charge is 2.51. The van der Waals surface area contributed by atoms with E-state index in [1.54, 1.807) is 7.11 Å². The van der Waals surface area contributed by atoms with Crippen LogP contribution in [0.3, 0.4) is 0 Å². The lowest BCUT2D eigenvalue weighted by Crippen LogP contribution is -2.45. The fourth-order valence-electron chi connectivity index (χ4n) is 7.50. The van der Waals surface area contributed by atoms with Gasteiger partial charge in [-0.15, -0.1) is 0 Å². The molecule has 4 aromatic heterocycles. The lowest BCUT2D eigenvalue weighted by molar-refractivity contribution is -0.129. The second-order valence-electron chi connectivity index (χ2n) is 14.7. The summed E-state index contributed by atoms with van der Waals surface area (Å²) in [7, 11) is 1.63. The number of nitrogens with zero attached hydrogens (tertiary/aromatic N) is 5.